The summed E-state index contributed by atoms with van der Waals surface area (Å²) < 4.78 is 20.3. The second-order valence-electron chi connectivity index (χ2n) is 6.36. The number of benzene rings is 1. The molecule has 0 aliphatic carbocycles. The highest BCUT2D eigenvalue weighted by Crippen LogP contribution is 2.19. The normalized spacial score (nSPS) is 14.5. The standard InChI is InChI=1S/C17H27NO3S/c1-13(12-19)10-15(18-22(20)17(2,3)4)11-14-6-8-16(21-5)9-7-14/h6-9,15,18-19H,1,10-12H2,2-5H3/t15-,22-/m0/s1. The topological polar surface area (TPSA) is 64.5 Å². The van der Waals surface area contributed by atoms with E-state index in [-0.39, 0.29) is 17.4 Å². The summed E-state index contributed by atoms with van der Waals surface area (Å²) in [4.78, 5) is 0. The predicted octanol–water partition coefficient (Wildman–Crippen LogP) is 2.60. The zero-order valence-corrected chi connectivity index (χ0v) is 14.7. The van der Waals surface area contributed by atoms with Crippen molar-refractivity contribution < 1.29 is 14.4 Å². The van der Waals surface area contributed by atoms with Gasteiger partial charge in [-0.2, -0.15) is 0 Å². The summed E-state index contributed by atoms with van der Waals surface area (Å²) in [5.41, 5.74) is 1.85. The zero-order chi connectivity index (χ0) is 16.8. The molecule has 0 unspecified atom stereocenters. The number of hydrogen-bond acceptors (Lipinski definition) is 4. The quantitative estimate of drug-likeness (QED) is 0.569. The van der Waals surface area contributed by atoms with Gasteiger partial charge in [0.05, 0.1) is 19.8 Å². The molecule has 0 spiro atoms. The molecule has 2 N–H and O–H groups in total. The molecule has 0 amide bonds. The highest BCUT2D eigenvalue weighted by Gasteiger charge is 2.29. The first-order valence-electron chi connectivity index (χ1n) is 7.34. The highest BCUT2D eigenvalue weighted by molar-refractivity contribution is 7.90. The van der Waals surface area contributed by atoms with Crippen molar-refractivity contribution in [2.75, 3.05) is 13.7 Å². The van der Waals surface area contributed by atoms with Gasteiger partial charge in [-0.05, 0) is 51.3 Å². The van der Waals surface area contributed by atoms with Crippen LogP contribution in [0, 0.1) is 0 Å². The molecular weight excluding hydrogens is 298 g/mol. The first-order chi connectivity index (χ1) is 10.3. The molecule has 1 aromatic carbocycles. The van der Waals surface area contributed by atoms with Gasteiger partial charge in [0.15, 0.2) is 0 Å². The smallest absolute Gasteiger partial charge is 0.136 e. The Kier molecular flexibility index (Phi) is 7.42. The van der Waals surface area contributed by atoms with E-state index in [0.29, 0.717) is 12.8 Å². The molecule has 0 heterocycles. The fourth-order valence-electron chi connectivity index (χ4n) is 1.94. The van der Waals surface area contributed by atoms with Gasteiger partial charge in [-0.15, -0.1) is 4.72 Å². The Morgan fingerprint density at radius 3 is 2.41 bits per heavy atom. The maximum absolute atomic E-state index is 12.3. The lowest BCUT2D eigenvalue weighted by Gasteiger charge is -2.28. The average Bonchev–Trinajstić information content (AvgIpc) is 2.46. The third-order valence-corrected chi connectivity index (χ3v) is 4.89. The molecule has 4 nitrogen and oxygen atoms in total. The van der Waals surface area contributed by atoms with E-state index in [1.807, 2.05) is 45.0 Å². The lowest BCUT2D eigenvalue weighted by Crippen LogP contribution is -2.45. The lowest BCUT2D eigenvalue weighted by molar-refractivity contribution is 0.323. The summed E-state index contributed by atoms with van der Waals surface area (Å²) in [5.74, 6) is 0.811. The third kappa shape index (κ3) is 6.40. The monoisotopic (exact) mass is 325 g/mol. The third-order valence-electron chi connectivity index (χ3n) is 3.23. The number of hydrogen-bond donors (Lipinski definition) is 2. The van der Waals surface area contributed by atoms with Gasteiger partial charge in [-0.3, -0.25) is 0 Å². The van der Waals surface area contributed by atoms with Crippen molar-refractivity contribution in [2.45, 2.75) is 44.4 Å². The number of nitrogens with one attached hydrogen (secondary N) is 1. The van der Waals surface area contributed by atoms with Crippen LogP contribution in [-0.4, -0.2) is 34.2 Å². The van der Waals surface area contributed by atoms with Crippen LogP contribution in [0.2, 0.25) is 0 Å². The van der Waals surface area contributed by atoms with Crippen molar-refractivity contribution in [3.05, 3.63) is 42.0 Å². The number of rotatable bonds is 8. The fraction of sp³-hybridized carbons (Fsp3) is 0.529. The van der Waals surface area contributed by atoms with Crippen LogP contribution in [0.5, 0.6) is 5.75 Å². The van der Waals surface area contributed by atoms with Crippen LogP contribution in [-0.2, 0) is 17.8 Å². The molecule has 0 aliphatic rings. The van der Waals surface area contributed by atoms with Gasteiger partial charge in [-0.25, -0.2) is 0 Å². The highest BCUT2D eigenvalue weighted by atomic mass is 32.2. The maximum atomic E-state index is 12.3. The summed E-state index contributed by atoms with van der Waals surface area (Å²) in [6.45, 7) is 9.59. The molecule has 0 aliphatic heterocycles. The minimum Gasteiger partial charge on any atom is -0.598 e. The van der Waals surface area contributed by atoms with E-state index < -0.39 is 11.4 Å². The van der Waals surface area contributed by atoms with Gasteiger partial charge in [0.2, 0.25) is 0 Å². The lowest BCUT2D eigenvalue weighted by atomic mass is 10.0. The minimum atomic E-state index is -1.16. The van der Waals surface area contributed by atoms with Crippen LogP contribution in [0.15, 0.2) is 36.4 Å². The van der Waals surface area contributed by atoms with Gasteiger partial charge in [0.25, 0.3) is 0 Å². The number of ether oxygens (including phenoxy) is 1. The average molecular weight is 325 g/mol. The summed E-state index contributed by atoms with van der Waals surface area (Å²) in [7, 11) is 1.64. The van der Waals surface area contributed by atoms with Gasteiger partial charge >= 0.3 is 0 Å². The molecule has 0 radical (unpaired) electrons. The van der Waals surface area contributed by atoms with E-state index in [0.717, 1.165) is 16.9 Å². The zero-order valence-electron chi connectivity index (χ0n) is 13.9. The first kappa shape index (κ1) is 19.0. The second-order valence-corrected chi connectivity index (χ2v) is 8.36. The van der Waals surface area contributed by atoms with Crippen molar-refractivity contribution in [1.82, 2.24) is 4.72 Å². The van der Waals surface area contributed by atoms with Crippen LogP contribution >= 0.6 is 0 Å². The van der Waals surface area contributed by atoms with E-state index in [2.05, 4.69) is 11.3 Å². The molecule has 0 bridgehead atoms. The van der Waals surface area contributed by atoms with E-state index in [4.69, 9.17) is 4.74 Å². The Labute approximate surface area is 136 Å². The maximum Gasteiger partial charge on any atom is 0.136 e. The van der Waals surface area contributed by atoms with Crippen molar-refractivity contribution in [1.29, 1.82) is 0 Å². The van der Waals surface area contributed by atoms with Crippen LogP contribution in [0.3, 0.4) is 0 Å². The molecule has 0 saturated carbocycles. The SMILES string of the molecule is C=C(CO)C[C@@H](Cc1ccc(OC)cc1)N[S@@+]([O-])C(C)(C)C. The van der Waals surface area contributed by atoms with Crippen molar-refractivity contribution in [3.8, 4) is 5.75 Å². The van der Waals surface area contributed by atoms with Crippen molar-refractivity contribution >= 4 is 11.4 Å². The molecule has 2 atom stereocenters. The van der Waals surface area contributed by atoms with Crippen LogP contribution in [0.4, 0.5) is 0 Å². The van der Waals surface area contributed by atoms with Gasteiger partial charge in [0, 0.05) is 11.4 Å². The Morgan fingerprint density at radius 1 is 1.36 bits per heavy atom. The van der Waals surface area contributed by atoms with E-state index >= 15 is 0 Å². The Bertz CT molecular complexity index is 468. The molecule has 22 heavy (non-hydrogen) atoms. The Balaban J connectivity index is 2.78. The van der Waals surface area contributed by atoms with Gasteiger partial charge in [0.1, 0.15) is 10.5 Å². The Hall–Kier alpha value is -1.01. The van der Waals surface area contributed by atoms with E-state index in [1.54, 1.807) is 7.11 Å². The van der Waals surface area contributed by atoms with E-state index in [9.17, 15) is 9.66 Å². The van der Waals surface area contributed by atoms with Gasteiger partial charge in [-0.1, -0.05) is 24.3 Å². The van der Waals surface area contributed by atoms with Crippen LogP contribution in [0.1, 0.15) is 32.8 Å². The summed E-state index contributed by atoms with van der Waals surface area (Å²) in [5, 5.41) is 9.19. The molecule has 1 aromatic rings. The Morgan fingerprint density at radius 2 is 1.95 bits per heavy atom. The summed E-state index contributed by atoms with van der Waals surface area (Å²) in [6, 6.07) is 7.78. The van der Waals surface area contributed by atoms with Crippen LogP contribution in [0.25, 0.3) is 0 Å². The van der Waals surface area contributed by atoms with Crippen molar-refractivity contribution in [3.63, 3.8) is 0 Å². The number of aliphatic hydroxyl groups excluding tert-OH is 1. The summed E-state index contributed by atoms with van der Waals surface area (Å²) in [6.07, 6.45) is 1.30. The molecule has 1 rings (SSSR count). The summed E-state index contributed by atoms with van der Waals surface area (Å²) >= 11 is -1.16. The number of aliphatic hydroxyl groups is 1. The van der Waals surface area contributed by atoms with Crippen LogP contribution < -0.4 is 9.46 Å². The molecule has 5 heteroatoms. The van der Waals surface area contributed by atoms with E-state index in [1.165, 1.54) is 0 Å². The molecule has 124 valence electrons. The number of methoxy groups -OCH3 is 1. The largest absolute Gasteiger partial charge is 0.598 e. The van der Waals surface area contributed by atoms with Gasteiger partial charge < -0.3 is 14.4 Å². The predicted molar refractivity (Wildman–Crippen MR) is 92.4 cm³/mol. The van der Waals surface area contributed by atoms with Crippen molar-refractivity contribution in [2.24, 2.45) is 0 Å². The molecule has 0 fully saturated rings. The molecule has 0 saturated heterocycles. The molecule has 0 aromatic heterocycles. The fourth-order valence-corrected chi connectivity index (χ4v) is 2.77. The first-order valence-corrected chi connectivity index (χ1v) is 8.49. The second kappa shape index (κ2) is 8.58. The molecular formula is C17H27NO3S. The minimum absolute atomic E-state index is 0.0342.